The predicted octanol–water partition coefficient (Wildman–Crippen LogP) is 2.42. The van der Waals surface area contributed by atoms with Gasteiger partial charge in [0.1, 0.15) is 0 Å². The summed E-state index contributed by atoms with van der Waals surface area (Å²) in [6.07, 6.45) is 4.59. The molecule has 1 aliphatic rings. The van der Waals surface area contributed by atoms with Gasteiger partial charge in [0.15, 0.2) is 0 Å². The number of hydrogen-bond donors (Lipinski definition) is 1. The molecule has 0 unspecified atom stereocenters. The largest absolute Gasteiger partial charge is 0.383 e. The van der Waals surface area contributed by atoms with Crippen LogP contribution in [0.25, 0.3) is 11.4 Å². The lowest BCUT2D eigenvalue weighted by Crippen LogP contribution is -2.29. The maximum absolute atomic E-state index is 11.7. The normalized spacial score (nSPS) is 14.4. The van der Waals surface area contributed by atoms with Crippen LogP contribution < -0.4 is 10.2 Å². The highest BCUT2D eigenvalue weighted by atomic mass is 16.5. The number of aromatic nitrogens is 2. The Kier molecular flexibility index (Phi) is 6.60. The van der Waals surface area contributed by atoms with Crippen LogP contribution in [0.4, 0.5) is 5.69 Å². The number of nitrogens with zero attached hydrogens (tertiary/aromatic N) is 3. The molecule has 1 fully saturated rings. The smallest absolute Gasteiger partial charge is 0.227 e. The molecule has 0 saturated carbocycles. The van der Waals surface area contributed by atoms with E-state index in [1.165, 1.54) is 24.9 Å². The summed E-state index contributed by atoms with van der Waals surface area (Å²) in [6.45, 7) is 3.26. The Bertz CT molecular complexity index is 693. The molecule has 1 aromatic carbocycles. The molecule has 7 heteroatoms. The number of benzene rings is 1. The zero-order valence-electron chi connectivity index (χ0n) is 15.2. The first-order valence-corrected chi connectivity index (χ1v) is 9.20. The molecule has 0 spiro atoms. The maximum Gasteiger partial charge on any atom is 0.227 e. The Morgan fingerprint density at radius 1 is 1.23 bits per heavy atom. The summed E-state index contributed by atoms with van der Waals surface area (Å²) in [7, 11) is 1.60. The molecule has 1 N–H and O–H groups in total. The van der Waals surface area contributed by atoms with E-state index in [1.54, 1.807) is 7.11 Å². The zero-order valence-corrected chi connectivity index (χ0v) is 15.2. The Morgan fingerprint density at radius 2 is 2.00 bits per heavy atom. The van der Waals surface area contributed by atoms with Crippen molar-refractivity contribution in [1.29, 1.82) is 0 Å². The van der Waals surface area contributed by atoms with Gasteiger partial charge in [0, 0.05) is 50.8 Å². The molecule has 1 saturated heterocycles. The van der Waals surface area contributed by atoms with Gasteiger partial charge in [-0.25, -0.2) is 0 Å². The molecule has 0 aliphatic carbocycles. The second kappa shape index (κ2) is 9.33. The fraction of sp³-hybridized carbons (Fsp3) is 0.526. The van der Waals surface area contributed by atoms with Gasteiger partial charge in [-0.15, -0.1) is 0 Å². The second-order valence-corrected chi connectivity index (χ2v) is 6.45. The van der Waals surface area contributed by atoms with Crippen molar-refractivity contribution in [3.8, 4) is 11.4 Å². The molecule has 1 amide bonds. The number of anilines is 1. The molecule has 7 nitrogen and oxygen atoms in total. The van der Waals surface area contributed by atoms with Gasteiger partial charge in [-0.1, -0.05) is 5.16 Å². The van der Waals surface area contributed by atoms with Crippen LogP contribution in [0.1, 0.15) is 31.6 Å². The number of ether oxygens (including phenoxy) is 1. The number of hydrogen-bond acceptors (Lipinski definition) is 6. The molecular formula is C19H26N4O3. The number of piperidine rings is 1. The summed E-state index contributed by atoms with van der Waals surface area (Å²) in [4.78, 5) is 18.5. The molecule has 2 aromatic rings. The first-order valence-electron chi connectivity index (χ1n) is 9.20. The van der Waals surface area contributed by atoms with Gasteiger partial charge >= 0.3 is 0 Å². The third kappa shape index (κ3) is 5.05. The second-order valence-electron chi connectivity index (χ2n) is 6.45. The van der Waals surface area contributed by atoms with Crippen molar-refractivity contribution in [2.75, 3.05) is 38.3 Å². The fourth-order valence-corrected chi connectivity index (χ4v) is 3.05. The molecule has 1 aliphatic heterocycles. The quantitative estimate of drug-likeness (QED) is 0.730. The molecule has 3 rings (SSSR count). The van der Waals surface area contributed by atoms with Crippen molar-refractivity contribution in [2.45, 2.75) is 32.1 Å². The van der Waals surface area contributed by atoms with Crippen LogP contribution in [-0.2, 0) is 16.0 Å². The average molecular weight is 358 g/mol. The van der Waals surface area contributed by atoms with Gasteiger partial charge < -0.3 is 19.5 Å². The Balaban J connectivity index is 1.53. The van der Waals surface area contributed by atoms with E-state index >= 15 is 0 Å². The first-order chi connectivity index (χ1) is 12.8. The monoisotopic (exact) mass is 358 g/mol. The molecule has 0 atom stereocenters. The summed E-state index contributed by atoms with van der Waals surface area (Å²) >= 11 is 0. The molecule has 2 heterocycles. The van der Waals surface area contributed by atoms with E-state index in [-0.39, 0.29) is 5.91 Å². The molecular weight excluding hydrogens is 332 g/mol. The number of aryl methyl sites for hydroxylation is 1. The van der Waals surface area contributed by atoms with Crippen molar-refractivity contribution in [2.24, 2.45) is 0 Å². The minimum Gasteiger partial charge on any atom is -0.383 e. The number of carbonyl (C=O) groups excluding carboxylic acids is 1. The summed E-state index contributed by atoms with van der Waals surface area (Å²) in [5.41, 5.74) is 2.16. The van der Waals surface area contributed by atoms with Crippen LogP contribution in [0, 0.1) is 0 Å². The van der Waals surface area contributed by atoms with E-state index < -0.39 is 0 Å². The van der Waals surface area contributed by atoms with Crippen LogP contribution >= 0.6 is 0 Å². The SMILES string of the molecule is COCCNC(=O)CCc1nc(-c2ccc(N3CCCCC3)cc2)no1. The van der Waals surface area contributed by atoms with Crippen molar-refractivity contribution in [3.63, 3.8) is 0 Å². The van der Waals surface area contributed by atoms with Crippen molar-refractivity contribution in [3.05, 3.63) is 30.2 Å². The highest BCUT2D eigenvalue weighted by Gasteiger charge is 2.13. The maximum atomic E-state index is 11.7. The molecule has 0 bridgehead atoms. The van der Waals surface area contributed by atoms with E-state index in [0.717, 1.165) is 18.7 Å². The molecule has 140 valence electrons. The van der Waals surface area contributed by atoms with Gasteiger partial charge in [0.2, 0.25) is 17.6 Å². The lowest BCUT2D eigenvalue weighted by molar-refractivity contribution is -0.121. The highest BCUT2D eigenvalue weighted by Crippen LogP contribution is 2.23. The summed E-state index contributed by atoms with van der Waals surface area (Å²) in [6, 6.07) is 8.27. The van der Waals surface area contributed by atoms with Gasteiger partial charge in [-0.3, -0.25) is 4.79 Å². The van der Waals surface area contributed by atoms with Gasteiger partial charge in [0.25, 0.3) is 0 Å². The molecule has 0 radical (unpaired) electrons. The van der Waals surface area contributed by atoms with Crippen LogP contribution in [0.3, 0.4) is 0 Å². The number of carbonyl (C=O) groups is 1. The van der Waals surface area contributed by atoms with Crippen molar-refractivity contribution >= 4 is 11.6 Å². The minimum atomic E-state index is -0.0484. The van der Waals surface area contributed by atoms with Crippen LogP contribution in [-0.4, -0.2) is 49.4 Å². The Hall–Kier alpha value is -2.41. The van der Waals surface area contributed by atoms with Gasteiger partial charge in [-0.05, 0) is 43.5 Å². The third-order valence-corrected chi connectivity index (χ3v) is 4.51. The minimum absolute atomic E-state index is 0.0484. The Morgan fingerprint density at radius 3 is 2.73 bits per heavy atom. The number of amides is 1. The first kappa shape index (κ1) is 18.4. The van der Waals surface area contributed by atoms with E-state index in [1.807, 2.05) is 12.1 Å². The lowest BCUT2D eigenvalue weighted by atomic mass is 10.1. The van der Waals surface area contributed by atoms with E-state index in [0.29, 0.717) is 37.7 Å². The number of rotatable bonds is 8. The van der Waals surface area contributed by atoms with Crippen LogP contribution in [0.15, 0.2) is 28.8 Å². The summed E-state index contributed by atoms with van der Waals surface area (Å²) < 4.78 is 10.2. The highest BCUT2D eigenvalue weighted by molar-refractivity contribution is 5.76. The number of nitrogens with one attached hydrogen (secondary N) is 1. The third-order valence-electron chi connectivity index (χ3n) is 4.51. The predicted molar refractivity (Wildman–Crippen MR) is 99.0 cm³/mol. The van der Waals surface area contributed by atoms with Gasteiger partial charge in [0.05, 0.1) is 6.61 Å². The van der Waals surface area contributed by atoms with Gasteiger partial charge in [-0.2, -0.15) is 4.98 Å². The Labute approximate surface area is 153 Å². The average Bonchev–Trinajstić information content (AvgIpc) is 3.16. The van der Waals surface area contributed by atoms with Crippen LogP contribution in [0.2, 0.25) is 0 Å². The standard InChI is InChI=1S/C19H26N4O3/c1-25-14-11-20-17(24)9-10-18-21-19(22-26-18)15-5-7-16(8-6-15)23-12-3-2-4-13-23/h5-8H,2-4,9-14H2,1H3,(H,20,24). The van der Waals surface area contributed by atoms with Crippen molar-refractivity contribution in [1.82, 2.24) is 15.5 Å². The summed E-state index contributed by atoms with van der Waals surface area (Å²) in [5.74, 6) is 0.986. The number of methoxy groups -OCH3 is 1. The lowest BCUT2D eigenvalue weighted by Gasteiger charge is -2.28. The van der Waals surface area contributed by atoms with E-state index in [2.05, 4.69) is 32.5 Å². The topological polar surface area (TPSA) is 80.5 Å². The van der Waals surface area contributed by atoms with Crippen molar-refractivity contribution < 1.29 is 14.1 Å². The molecule has 1 aromatic heterocycles. The molecule has 26 heavy (non-hydrogen) atoms. The summed E-state index contributed by atoms with van der Waals surface area (Å²) in [5, 5.41) is 6.80. The van der Waals surface area contributed by atoms with E-state index in [4.69, 9.17) is 9.26 Å². The zero-order chi connectivity index (χ0) is 18.2. The van der Waals surface area contributed by atoms with E-state index in [9.17, 15) is 4.79 Å². The fourth-order valence-electron chi connectivity index (χ4n) is 3.05. The van der Waals surface area contributed by atoms with Crippen LogP contribution in [0.5, 0.6) is 0 Å².